The molecule has 0 atom stereocenters. The topological polar surface area (TPSA) is 96.0 Å². The fraction of sp³-hybridized carbons (Fsp3) is 0.190. The van der Waals surface area contributed by atoms with Gasteiger partial charge in [0, 0.05) is 23.8 Å². The van der Waals surface area contributed by atoms with Crippen LogP contribution in [0.2, 0.25) is 0 Å². The molecule has 0 bridgehead atoms. The van der Waals surface area contributed by atoms with E-state index in [1.807, 2.05) is 18.2 Å². The molecule has 3 N–H and O–H groups in total. The monoisotopic (exact) mass is 441 g/mol. The number of aryl methyl sites for hydroxylation is 1. The summed E-state index contributed by atoms with van der Waals surface area (Å²) >= 11 is 5.41. The number of benzene rings is 2. The van der Waals surface area contributed by atoms with E-state index in [1.54, 1.807) is 18.2 Å². The number of rotatable bonds is 8. The van der Waals surface area contributed by atoms with Crippen LogP contribution >= 0.6 is 12.2 Å². The van der Waals surface area contributed by atoms with Crippen molar-refractivity contribution < 1.29 is 8.42 Å². The Bertz CT molecular complexity index is 1090. The van der Waals surface area contributed by atoms with Crippen LogP contribution in [0.4, 0.5) is 17.3 Å². The van der Waals surface area contributed by atoms with Crippen molar-refractivity contribution in [3.05, 3.63) is 72.6 Å². The minimum Gasteiger partial charge on any atom is -0.332 e. The molecule has 0 fully saturated rings. The first kappa shape index (κ1) is 21.7. The highest BCUT2D eigenvalue weighted by atomic mass is 32.2. The molecule has 0 radical (unpaired) electrons. The zero-order valence-electron chi connectivity index (χ0n) is 16.5. The van der Waals surface area contributed by atoms with Gasteiger partial charge in [-0.3, -0.25) is 0 Å². The molecule has 3 aromatic rings. The van der Waals surface area contributed by atoms with E-state index >= 15 is 0 Å². The molecule has 0 aliphatic rings. The van der Waals surface area contributed by atoms with Crippen LogP contribution < -0.4 is 15.4 Å². The molecule has 0 saturated heterocycles. The number of hydrogen-bond acceptors (Lipinski definition) is 5. The fourth-order valence-electron chi connectivity index (χ4n) is 2.76. The maximum Gasteiger partial charge on any atom is 0.264 e. The van der Waals surface area contributed by atoms with Crippen LogP contribution in [-0.4, -0.2) is 23.5 Å². The molecule has 30 heavy (non-hydrogen) atoms. The Kier molecular flexibility index (Phi) is 7.31. The molecule has 3 rings (SSSR count). The second kappa shape index (κ2) is 10.1. The van der Waals surface area contributed by atoms with Crippen molar-refractivity contribution in [2.24, 2.45) is 0 Å². The molecule has 0 spiro atoms. The van der Waals surface area contributed by atoms with E-state index in [4.69, 9.17) is 12.2 Å². The van der Waals surface area contributed by atoms with E-state index in [1.165, 1.54) is 30.1 Å². The van der Waals surface area contributed by atoms with Gasteiger partial charge in [0.15, 0.2) is 5.11 Å². The Hall–Kier alpha value is -3.04. The summed E-state index contributed by atoms with van der Waals surface area (Å²) in [6.07, 6.45) is 6.14. The Morgan fingerprint density at radius 1 is 0.967 bits per heavy atom. The summed E-state index contributed by atoms with van der Waals surface area (Å²) in [5, 5.41) is 6.74. The highest BCUT2D eigenvalue weighted by Crippen LogP contribution is 2.19. The normalized spacial score (nSPS) is 11.0. The highest BCUT2D eigenvalue weighted by Gasteiger charge is 2.15. The van der Waals surface area contributed by atoms with Crippen LogP contribution in [0, 0.1) is 0 Å². The number of aromatic nitrogens is 2. The van der Waals surface area contributed by atoms with Crippen molar-refractivity contribution in [2.75, 3.05) is 15.4 Å². The second-order valence-electron chi connectivity index (χ2n) is 6.54. The summed E-state index contributed by atoms with van der Waals surface area (Å²) < 4.78 is 27.2. The van der Waals surface area contributed by atoms with Gasteiger partial charge in [-0.2, -0.15) is 0 Å². The molecule has 0 aliphatic heterocycles. The molecule has 1 aromatic heterocycles. The van der Waals surface area contributed by atoms with Gasteiger partial charge in [0.2, 0.25) is 5.95 Å². The maximum absolute atomic E-state index is 12.5. The van der Waals surface area contributed by atoms with E-state index in [0.29, 0.717) is 10.8 Å². The third kappa shape index (κ3) is 5.98. The molecular formula is C21H23N5O2S2. The summed E-state index contributed by atoms with van der Waals surface area (Å²) in [5.41, 5.74) is 2.85. The molecule has 156 valence electrons. The molecule has 2 aromatic carbocycles. The number of nitrogens with zero attached hydrogens (tertiary/aromatic N) is 2. The summed E-state index contributed by atoms with van der Waals surface area (Å²) in [5.74, 6) is 0.0202. The second-order valence-corrected chi connectivity index (χ2v) is 8.63. The third-order valence-corrected chi connectivity index (χ3v) is 5.83. The molecule has 0 unspecified atom stereocenters. The smallest absolute Gasteiger partial charge is 0.264 e. The first-order valence-electron chi connectivity index (χ1n) is 9.54. The van der Waals surface area contributed by atoms with Gasteiger partial charge in [-0.25, -0.2) is 23.1 Å². The minimum atomic E-state index is -3.77. The van der Waals surface area contributed by atoms with Gasteiger partial charge in [-0.05, 0) is 67.0 Å². The lowest BCUT2D eigenvalue weighted by atomic mass is 10.1. The molecular weight excluding hydrogens is 418 g/mol. The van der Waals surface area contributed by atoms with Gasteiger partial charge < -0.3 is 10.6 Å². The van der Waals surface area contributed by atoms with Crippen LogP contribution in [-0.2, 0) is 16.4 Å². The van der Waals surface area contributed by atoms with E-state index in [-0.39, 0.29) is 10.8 Å². The predicted molar refractivity (Wildman–Crippen MR) is 124 cm³/mol. The zero-order valence-corrected chi connectivity index (χ0v) is 18.1. The van der Waals surface area contributed by atoms with Crippen molar-refractivity contribution in [1.29, 1.82) is 0 Å². The van der Waals surface area contributed by atoms with E-state index in [2.05, 4.69) is 38.3 Å². The van der Waals surface area contributed by atoms with Gasteiger partial charge >= 0.3 is 0 Å². The van der Waals surface area contributed by atoms with Crippen molar-refractivity contribution in [3.8, 4) is 0 Å². The number of nitrogens with one attached hydrogen (secondary N) is 3. The van der Waals surface area contributed by atoms with Gasteiger partial charge in [-0.1, -0.05) is 31.5 Å². The summed E-state index contributed by atoms with van der Waals surface area (Å²) in [7, 11) is -3.77. The maximum atomic E-state index is 12.5. The number of hydrogen-bond donors (Lipinski definition) is 3. The number of unbranched alkanes of at least 4 members (excludes halogenated alkanes) is 1. The Morgan fingerprint density at radius 3 is 2.37 bits per heavy atom. The van der Waals surface area contributed by atoms with Crippen molar-refractivity contribution in [1.82, 2.24) is 9.97 Å². The van der Waals surface area contributed by atoms with Crippen LogP contribution in [0.3, 0.4) is 0 Å². The molecule has 7 nitrogen and oxygen atoms in total. The third-order valence-electron chi connectivity index (χ3n) is 4.28. The van der Waals surface area contributed by atoms with Crippen LogP contribution in [0.15, 0.2) is 71.9 Å². The number of para-hydroxylation sites is 1. The number of anilines is 3. The summed E-state index contributed by atoms with van der Waals surface area (Å²) in [4.78, 5) is 7.85. The molecule has 0 aliphatic carbocycles. The Labute approximate surface area is 182 Å². The van der Waals surface area contributed by atoms with Gasteiger partial charge in [0.05, 0.1) is 4.90 Å². The van der Waals surface area contributed by atoms with Crippen LogP contribution in [0.5, 0.6) is 0 Å². The average Bonchev–Trinajstić information content (AvgIpc) is 2.74. The van der Waals surface area contributed by atoms with Gasteiger partial charge in [0.25, 0.3) is 10.0 Å². The molecule has 1 heterocycles. The lowest BCUT2D eigenvalue weighted by molar-refractivity contribution is 0.601. The van der Waals surface area contributed by atoms with Crippen molar-refractivity contribution in [3.63, 3.8) is 0 Å². The van der Waals surface area contributed by atoms with Gasteiger partial charge in [-0.15, -0.1) is 0 Å². The van der Waals surface area contributed by atoms with E-state index in [9.17, 15) is 8.42 Å². The van der Waals surface area contributed by atoms with Crippen LogP contribution in [0.25, 0.3) is 0 Å². The van der Waals surface area contributed by atoms with Crippen molar-refractivity contribution in [2.45, 2.75) is 31.1 Å². The quantitative estimate of drug-likeness (QED) is 0.445. The first-order valence-corrected chi connectivity index (χ1v) is 11.4. The van der Waals surface area contributed by atoms with E-state index in [0.717, 1.165) is 24.9 Å². The Balaban J connectivity index is 1.64. The molecule has 0 amide bonds. The average molecular weight is 442 g/mol. The number of thiocarbonyl (C=S) groups is 1. The lowest BCUT2D eigenvalue weighted by Crippen LogP contribution is -2.20. The van der Waals surface area contributed by atoms with Gasteiger partial charge in [0.1, 0.15) is 0 Å². The van der Waals surface area contributed by atoms with Crippen LogP contribution in [0.1, 0.15) is 25.3 Å². The minimum absolute atomic E-state index is 0.0202. The molecule has 0 saturated carbocycles. The SMILES string of the molecule is CCCCc1ccccc1NC(=S)Nc1ccc(S(=O)(=O)Nc2ncccn2)cc1. The Morgan fingerprint density at radius 2 is 1.67 bits per heavy atom. The fourth-order valence-corrected chi connectivity index (χ4v) is 3.95. The molecule has 9 heteroatoms. The van der Waals surface area contributed by atoms with E-state index < -0.39 is 10.0 Å². The van der Waals surface area contributed by atoms with Crippen molar-refractivity contribution >= 4 is 44.7 Å². The highest BCUT2D eigenvalue weighted by molar-refractivity contribution is 7.92. The summed E-state index contributed by atoms with van der Waals surface area (Å²) in [6, 6.07) is 15.9. The zero-order chi connectivity index (χ0) is 21.4. The summed E-state index contributed by atoms with van der Waals surface area (Å²) in [6.45, 7) is 2.16. The largest absolute Gasteiger partial charge is 0.332 e. The first-order chi connectivity index (χ1) is 14.5. The standard InChI is InChI=1S/C21H23N5O2S2/c1-2-3-7-16-8-4-5-9-19(16)25-21(29)24-17-10-12-18(13-11-17)30(27,28)26-20-22-14-6-15-23-20/h4-6,8-15H,2-3,7H2,1H3,(H,22,23,26)(H2,24,25,29). The lowest BCUT2D eigenvalue weighted by Gasteiger charge is -2.14. The predicted octanol–water partition coefficient (Wildman–Crippen LogP) is 4.43. The number of sulfonamides is 1.